The Kier molecular flexibility index (Phi) is 4.09. The lowest BCUT2D eigenvalue weighted by atomic mass is 10.1. The van der Waals surface area contributed by atoms with Gasteiger partial charge in [-0.3, -0.25) is 4.79 Å². The van der Waals surface area contributed by atoms with Gasteiger partial charge in [0.15, 0.2) is 6.54 Å². The number of anilines is 1. The molecule has 4 heteroatoms. The van der Waals surface area contributed by atoms with Gasteiger partial charge in [-0.2, -0.15) is 0 Å². The van der Waals surface area contributed by atoms with Crippen LogP contribution in [0.3, 0.4) is 0 Å². The Morgan fingerprint density at radius 3 is 2.65 bits per heavy atom. The van der Waals surface area contributed by atoms with Crippen molar-refractivity contribution < 1.29 is 14.1 Å². The van der Waals surface area contributed by atoms with Gasteiger partial charge in [0.2, 0.25) is 0 Å². The van der Waals surface area contributed by atoms with Gasteiger partial charge in [-0.25, -0.2) is 4.39 Å². The molecule has 0 atom stereocenters. The zero-order chi connectivity index (χ0) is 12.1. The predicted octanol–water partition coefficient (Wildman–Crippen LogP) is 0.833. The van der Waals surface area contributed by atoms with Gasteiger partial charge in [-0.1, -0.05) is 12.1 Å². The highest BCUT2D eigenvalue weighted by atomic mass is 19.1. The van der Waals surface area contributed by atoms with Crippen molar-refractivity contribution in [3.63, 3.8) is 0 Å². The summed E-state index contributed by atoms with van der Waals surface area (Å²) in [7, 11) is 0. The molecule has 0 radical (unpaired) electrons. The van der Waals surface area contributed by atoms with Crippen molar-refractivity contribution in [2.24, 2.45) is 0 Å². The summed E-state index contributed by atoms with van der Waals surface area (Å²) in [5.74, 6) is -0.485. The lowest BCUT2D eigenvalue weighted by Crippen LogP contribution is -3.13. The Bertz CT molecular complexity index is 389. The summed E-state index contributed by atoms with van der Waals surface area (Å²) in [6.07, 6.45) is 3.63. The quantitative estimate of drug-likeness (QED) is 0.802. The van der Waals surface area contributed by atoms with E-state index in [2.05, 4.69) is 5.32 Å². The highest BCUT2D eigenvalue weighted by molar-refractivity contribution is 5.91. The smallest absolute Gasteiger partial charge is 0.279 e. The fourth-order valence-corrected chi connectivity index (χ4v) is 2.21. The van der Waals surface area contributed by atoms with Crippen molar-refractivity contribution in [2.75, 3.05) is 25.0 Å². The molecule has 0 spiro atoms. The second kappa shape index (κ2) is 5.77. The van der Waals surface area contributed by atoms with Gasteiger partial charge >= 0.3 is 0 Å². The largest absolute Gasteiger partial charge is 0.327 e. The second-order valence-electron chi connectivity index (χ2n) is 4.52. The molecule has 1 aromatic carbocycles. The molecule has 92 valence electrons. The highest BCUT2D eigenvalue weighted by Gasteiger charge is 2.17. The van der Waals surface area contributed by atoms with Gasteiger partial charge < -0.3 is 10.2 Å². The summed E-state index contributed by atoms with van der Waals surface area (Å²) in [4.78, 5) is 13.0. The number of likely N-dealkylation sites (tertiary alicyclic amines) is 1. The highest BCUT2D eigenvalue weighted by Crippen LogP contribution is 2.11. The number of carbonyl (C=O) groups is 1. The van der Waals surface area contributed by atoms with Crippen LogP contribution in [-0.2, 0) is 4.79 Å². The zero-order valence-corrected chi connectivity index (χ0v) is 9.84. The van der Waals surface area contributed by atoms with Gasteiger partial charge in [-0.05, 0) is 31.4 Å². The molecule has 2 rings (SSSR count). The van der Waals surface area contributed by atoms with Crippen molar-refractivity contribution in [2.45, 2.75) is 19.3 Å². The summed E-state index contributed by atoms with van der Waals surface area (Å²) in [6, 6.07) is 6.26. The predicted molar refractivity (Wildman–Crippen MR) is 64.4 cm³/mol. The topological polar surface area (TPSA) is 33.5 Å². The molecule has 1 aliphatic rings. The van der Waals surface area contributed by atoms with Gasteiger partial charge in [0.25, 0.3) is 5.91 Å². The van der Waals surface area contributed by atoms with Crippen molar-refractivity contribution in [3.8, 4) is 0 Å². The lowest BCUT2D eigenvalue weighted by Gasteiger charge is -2.22. The molecule has 0 unspecified atom stereocenters. The minimum Gasteiger partial charge on any atom is -0.327 e. The van der Waals surface area contributed by atoms with Crippen molar-refractivity contribution in [1.29, 1.82) is 0 Å². The maximum Gasteiger partial charge on any atom is 0.279 e. The van der Waals surface area contributed by atoms with E-state index in [1.54, 1.807) is 18.2 Å². The number of carbonyl (C=O) groups excluding carboxylic acids is 1. The van der Waals surface area contributed by atoms with Gasteiger partial charge in [-0.15, -0.1) is 0 Å². The number of halogens is 1. The summed E-state index contributed by atoms with van der Waals surface area (Å²) >= 11 is 0. The Balaban J connectivity index is 1.86. The number of hydrogen-bond donors (Lipinski definition) is 2. The second-order valence-corrected chi connectivity index (χ2v) is 4.52. The van der Waals surface area contributed by atoms with Crippen LogP contribution in [0.4, 0.5) is 10.1 Å². The van der Waals surface area contributed by atoms with Crippen LogP contribution in [0.5, 0.6) is 0 Å². The molecular formula is C13H18FN2O+. The summed E-state index contributed by atoms with van der Waals surface area (Å²) in [6.45, 7) is 2.53. The number of hydrogen-bond acceptors (Lipinski definition) is 1. The van der Waals surface area contributed by atoms with Crippen LogP contribution in [0, 0.1) is 5.82 Å². The first-order valence-electron chi connectivity index (χ1n) is 6.13. The number of quaternary nitrogens is 1. The van der Waals surface area contributed by atoms with Gasteiger partial charge in [0, 0.05) is 0 Å². The molecule has 1 aliphatic heterocycles. The fraction of sp³-hybridized carbons (Fsp3) is 0.462. The van der Waals surface area contributed by atoms with E-state index in [0.29, 0.717) is 6.54 Å². The van der Waals surface area contributed by atoms with Crippen LogP contribution in [0.2, 0.25) is 0 Å². The average Bonchev–Trinajstić information content (AvgIpc) is 2.33. The number of benzene rings is 1. The Hall–Kier alpha value is -1.42. The van der Waals surface area contributed by atoms with E-state index in [9.17, 15) is 9.18 Å². The third-order valence-corrected chi connectivity index (χ3v) is 3.12. The Labute approximate surface area is 101 Å². The van der Waals surface area contributed by atoms with Gasteiger partial charge in [0.1, 0.15) is 5.82 Å². The summed E-state index contributed by atoms with van der Waals surface area (Å²) in [5.41, 5.74) is 0.272. The molecule has 1 saturated heterocycles. The Morgan fingerprint density at radius 2 is 1.94 bits per heavy atom. The molecule has 1 amide bonds. The summed E-state index contributed by atoms with van der Waals surface area (Å²) < 4.78 is 13.3. The number of piperidine rings is 1. The van der Waals surface area contributed by atoms with Gasteiger partial charge in [0.05, 0.1) is 18.8 Å². The van der Waals surface area contributed by atoms with Crippen LogP contribution in [0.25, 0.3) is 0 Å². The van der Waals surface area contributed by atoms with Crippen molar-refractivity contribution in [3.05, 3.63) is 30.1 Å². The molecule has 1 heterocycles. The molecule has 0 aromatic heterocycles. The number of nitrogens with one attached hydrogen (secondary N) is 2. The maximum absolute atomic E-state index is 13.3. The van der Waals surface area contributed by atoms with E-state index in [1.807, 2.05) is 0 Å². The third-order valence-electron chi connectivity index (χ3n) is 3.12. The van der Waals surface area contributed by atoms with Crippen LogP contribution in [-0.4, -0.2) is 25.5 Å². The molecule has 1 aromatic rings. The van der Waals surface area contributed by atoms with Crippen molar-refractivity contribution in [1.82, 2.24) is 0 Å². The zero-order valence-electron chi connectivity index (χ0n) is 9.84. The molecule has 0 bridgehead atoms. The molecule has 1 fully saturated rings. The first kappa shape index (κ1) is 12.0. The monoisotopic (exact) mass is 237 g/mol. The van der Waals surface area contributed by atoms with Crippen LogP contribution < -0.4 is 10.2 Å². The molecular weight excluding hydrogens is 219 g/mol. The minimum atomic E-state index is -0.380. The van der Waals surface area contributed by atoms with E-state index >= 15 is 0 Å². The van der Waals surface area contributed by atoms with E-state index < -0.39 is 0 Å². The number of rotatable bonds is 3. The number of para-hydroxylation sites is 1. The SMILES string of the molecule is O=C(C[NH+]1CCCCC1)Nc1ccccc1F. The van der Waals surface area contributed by atoms with E-state index in [-0.39, 0.29) is 17.4 Å². The van der Waals surface area contributed by atoms with E-state index in [0.717, 1.165) is 13.1 Å². The average molecular weight is 237 g/mol. The van der Waals surface area contributed by atoms with Crippen LogP contribution >= 0.6 is 0 Å². The molecule has 2 N–H and O–H groups in total. The van der Waals surface area contributed by atoms with E-state index in [4.69, 9.17) is 0 Å². The minimum absolute atomic E-state index is 0.105. The molecule has 0 aliphatic carbocycles. The first-order chi connectivity index (χ1) is 8.25. The fourth-order valence-electron chi connectivity index (χ4n) is 2.21. The number of amides is 1. The van der Waals surface area contributed by atoms with Crippen molar-refractivity contribution >= 4 is 11.6 Å². The normalized spacial score (nSPS) is 16.8. The van der Waals surface area contributed by atoms with Crippen LogP contribution in [0.1, 0.15) is 19.3 Å². The first-order valence-corrected chi connectivity index (χ1v) is 6.13. The molecule has 17 heavy (non-hydrogen) atoms. The lowest BCUT2D eigenvalue weighted by molar-refractivity contribution is -0.896. The maximum atomic E-state index is 13.3. The van der Waals surface area contributed by atoms with E-state index in [1.165, 1.54) is 30.2 Å². The Morgan fingerprint density at radius 1 is 1.24 bits per heavy atom. The molecule has 3 nitrogen and oxygen atoms in total. The standard InChI is InChI=1S/C13H17FN2O/c14-11-6-2-3-7-12(11)15-13(17)10-16-8-4-1-5-9-16/h2-3,6-7H,1,4-5,8-10H2,(H,15,17)/p+1. The summed E-state index contributed by atoms with van der Waals surface area (Å²) in [5, 5.41) is 2.62. The third kappa shape index (κ3) is 3.53. The molecule has 0 saturated carbocycles. The van der Waals surface area contributed by atoms with Crippen LogP contribution in [0.15, 0.2) is 24.3 Å².